The van der Waals surface area contributed by atoms with Crippen LogP contribution in [0.3, 0.4) is 0 Å². The molecule has 0 amide bonds. The number of ether oxygens (including phenoxy) is 1. The molecule has 2 aliphatic rings. The van der Waals surface area contributed by atoms with Crippen molar-refractivity contribution >= 4 is 17.7 Å². The van der Waals surface area contributed by atoms with Crippen LogP contribution in [0, 0.1) is 5.92 Å². The highest BCUT2D eigenvalue weighted by molar-refractivity contribution is 7.99. The quantitative estimate of drug-likeness (QED) is 0.415. The average molecular weight is 443 g/mol. The average Bonchev–Trinajstić information content (AvgIpc) is 3.22. The molecule has 0 radical (unpaired) electrons. The molecule has 168 valence electrons. The standard InChI is InChI=1S/C25H34N2O3S/c1-6-29-21(28)15-31-23-27-26-22(30-23)25(5)13-7-12-24(4)19-10-8-17(16(2)3)14-18(19)9-11-20(24)25/h8,10,14,16,20H,6-7,9,11-13,15H2,1-5H3/t20?,24-,25-/m1/s1. The van der Waals surface area contributed by atoms with Crippen molar-refractivity contribution in [3.05, 3.63) is 40.8 Å². The van der Waals surface area contributed by atoms with Crippen LogP contribution in [0.25, 0.3) is 0 Å². The number of rotatable bonds is 6. The molecule has 5 nitrogen and oxygen atoms in total. The van der Waals surface area contributed by atoms with Gasteiger partial charge in [-0.25, -0.2) is 0 Å². The first-order chi connectivity index (χ1) is 14.8. The minimum atomic E-state index is -0.256. The predicted octanol–water partition coefficient (Wildman–Crippen LogP) is 5.81. The van der Waals surface area contributed by atoms with Crippen molar-refractivity contribution in [3.63, 3.8) is 0 Å². The zero-order valence-electron chi connectivity index (χ0n) is 19.4. The molecule has 2 aliphatic carbocycles. The molecule has 1 saturated carbocycles. The lowest BCUT2D eigenvalue weighted by molar-refractivity contribution is -0.139. The number of hydrogen-bond donors (Lipinski definition) is 0. The van der Waals surface area contributed by atoms with Gasteiger partial charge in [0.05, 0.1) is 6.61 Å². The zero-order chi connectivity index (χ0) is 22.2. The molecule has 6 heteroatoms. The van der Waals surface area contributed by atoms with Gasteiger partial charge >= 0.3 is 5.97 Å². The lowest BCUT2D eigenvalue weighted by atomic mass is 9.49. The molecule has 0 saturated heterocycles. The fraction of sp³-hybridized carbons (Fsp3) is 0.640. The molecule has 1 aromatic carbocycles. The van der Waals surface area contributed by atoms with Gasteiger partial charge in [-0.05, 0) is 66.5 Å². The normalized spacial score (nSPS) is 27.6. The van der Waals surface area contributed by atoms with Crippen LogP contribution in [0.5, 0.6) is 0 Å². The third-order valence-corrected chi connectivity index (χ3v) is 8.35. The van der Waals surface area contributed by atoms with Gasteiger partial charge in [0, 0.05) is 5.41 Å². The number of fused-ring (bicyclic) bond motifs is 3. The lowest BCUT2D eigenvalue weighted by Crippen LogP contribution is -2.51. The number of thioether (sulfide) groups is 1. The summed E-state index contributed by atoms with van der Waals surface area (Å²) >= 11 is 1.26. The first-order valence-corrected chi connectivity index (χ1v) is 12.5. The molecule has 31 heavy (non-hydrogen) atoms. The van der Waals surface area contributed by atoms with Crippen LogP contribution in [0.1, 0.15) is 88.8 Å². The van der Waals surface area contributed by atoms with Gasteiger partial charge in [-0.1, -0.05) is 64.1 Å². The van der Waals surface area contributed by atoms with E-state index in [0.717, 1.165) is 31.6 Å². The Morgan fingerprint density at radius 1 is 1.26 bits per heavy atom. The molecule has 0 N–H and O–H groups in total. The van der Waals surface area contributed by atoms with Gasteiger partial charge < -0.3 is 9.15 Å². The predicted molar refractivity (Wildman–Crippen MR) is 123 cm³/mol. The second-order valence-corrected chi connectivity index (χ2v) is 10.7. The maximum absolute atomic E-state index is 11.7. The summed E-state index contributed by atoms with van der Waals surface area (Å²) in [6.07, 6.45) is 5.62. The number of carbonyl (C=O) groups is 1. The first kappa shape index (κ1) is 22.4. The summed E-state index contributed by atoms with van der Waals surface area (Å²) in [5.74, 6) is 1.66. The highest BCUT2D eigenvalue weighted by Crippen LogP contribution is 2.58. The van der Waals surface area contributed by atoms with Gasteiger partial charge in [0.2, 0.25) is 5.89 Å². The number of benzene rings is 1. The Labute approximate surface area is 189 Å². The van der Waals surface area contributed by atoms with E-state index in [1.165, 1.54) is 34.9 Å². The summed E-state index contributed by atoms with van der Waals surface area (Å²) in [7, 11) is 0. The summed E-state index contributed by atoms with van der Waals surface area (Å²) in [6.45, 7) is 11.5. The van der Waals surface area contributed by atoms with Crippen molar-refractivity contribution in [2.75, 3.05) is 12.4 Å². The van der Waals surface area contributed by atoms with Crippen LogP contribution in [-0.2, 0) is 26.8 Å². The number of aromatic nitrogens is 2. The van der Waals surface area contributed by atoms with E-state index in [2.05, 4.69) is 56.1 Å². The summed E-state index contributed by atoms with van der Waals surface area (Å²) in [6, 6.07) is 7.14. The van der Waals surface area contributed by atoms with E-state index >= 15 is 0 Å². The highest BCUT2D eigenvalue weighted by atomic mass is 32.2. The maximum Gasteiger partial charge on any atom is 0.316 e. The number of nitrogens with zero attached hydrogens (tertiary/aromatic N) is 2. The third kappa shape index (κ3) is 4.04. The Morgan fingerprint density at radius 2 is 2.03 bits per heavy atom. The SMILES string of the molecule is CCOC(=O)CSc1nnc([C@]2(C)CCC[C@]3(C)c4ccc(C(C)C)cc4CCC23)o1. The minimum absolute atomic E-state index is 0.114. The van der Waals surface area contributed by atoms with Crippen LogP contribution < -0.4 is 0 Å². The van der Waals surface area contributed by atoms with Gasteiger partial charge in [-0.15, -0.1) is 10.2 Å². The van der Waals surface area contributed by atoms with E-state index in [1.807, 2.05) is 0 Å². The fourth-order valence-electron chi connectivity index (χ4n) is 5.95. The zero-order valence-corrected chi connectivity index (χ0v) is 20.2. The van der Waals surface area contributed by atoms with Crippen molar-refractivity contribution < 1.29 is 13.9 Å². The minimum Gasteiger partial charge on any atom is -0.465 e. The van der Waals surface area contributed by atoms with Gasteiger partial charge in [0.15, 0.2) is 0 Å². The molecule has 1 aromatic heterocycles. The molecule has 1 heterocycles. The van der Waals surface area contributed by atoms with E-state index in [4.69, 9.17) is 9.15 Å². The molecule has 1 fully saturated rings. The topological polar surface area (TPSA) is 65.2 Å². The van der Waals surface area contributed by atoms with Crippen LogP contribution in [0.2, 0.25) is 0 Å². The van der Waals surface area contributed by atoms with Crippen molar-refractivity contribution in [2.45, 2.75) is 88.7 Å². The van der Waals surface area contributed by atoms with E-state index < -0.39 is 0 Å². The molecule has 1 unspecified atom stereocenters. The second kappa shape index (κ2) is 8.61. The van der Waals surface area contributed by atoms with E-state index in [9.17, 15) is 4.79 Å². The fourth-order valence-corrected chi connectivity index (χ4v) is 6.51. The van der Waals surface area contributed by atoms with Gasteiger partial charge in [-0.2, -0.15) is 0 Å². The second-order valence-electron chi connectivity index (χ2n) is 9.82. The van der Waals surface area contributed by atoms with Gasteiger partial charge in [0.1, 0.15) is 5.75 Å². The lowest BCUT2D eigenvalue weighted by Gasteiger charge is -2.54. The smallest absolute Gasteiger partial charge is 0.316 e. The number of esters is 1. The van der Waals surface area contributed by atoms with Crippen LogP contribution in [-0.4, -0.2) is 28.5 Å². The van der Waals surface area contributed by atoms with Crippen LogP contribution in [0.4, 0.5) is 0 Å². The molecule has 2 aromatic rings. The molecule has 3 atom stereocenters. The maximum atomic E-state index is 11.7. The van der Waals surface area contributed by atoms with Gasteiger partial charge in [-0.3, -0.25) is 4.79 Å². The Bertz CT molecular complexity index is 956. The molecule has 0 spiro atoms. The summed E-state index contributed by atoms with van der Waals surface area (Å²) in [5, 5.41) is 9.16. The summed E-state index contributed by atoms with van der Waals surface area (Å²) in [4.78, 5) is 11.7. The van der Waals surface area contributed by atoms with Crippen molar-refractivity contribution in [2.24, 2.45) is 5.92 Å². The van der Waals surface area contributed by atoms with Crippen molar-refractivity contribution in [3.8, 4) is 0 Å². The number of carbonyl (C=O) groups excluding carboxylic acids is 1. The molecule has 0 aliphatic heterocycles. The first-order valence-electron chi connectivity index (χ1n) is 11.5. The molecule has 0 bridgehead atoms. The molecular weight excluding hydrogens is 408 g/mol. The van der Waals surface area contributed by atoms with E-state index in [1.54, 1.807) is 6.92 Å². The number of hydrogen-bond acceptors (Lipinski definition) is 6. The van der Waals surface area contributed by atoms with E-state index in [-0.39, 0.29) is 22.6 Å². The van der Waals surface area contributed by atoms with Crippen molar-refractivity contribution in [1.82, 2.24) is 10.2 Å². The Kier molecular flexibility index (Phi) is 6.21. The largest absolute Gasteiger partial charge is 0.465 e. The Hall–Kier alpha value is -1.82. The van der Waals surface area contributed by atoms with Gasteiger partial charge in [0.25, 0.3) is 5.22 Å². The van der Waals surface area contributed by atoms with Crippen LogP contribution >= 0.6 is 11.8 Å². The summed E-state index contributed by atoms with van der Waals surface area (Å²) in [5.41, 5.74) is 4.42. The Morgan fingerprint density at radius 3 is 2.77 bits per heavy atom. The third-order valence-electron chi connectivity index (χ3n) is 7.56. The highest BCUT2D eigenvalue weighted by Gasteiger charge is 2.54. The summed E-state index contributed by atoms with van der Waals surface area (Å²) < 4.78 is 11.1. The number of aryl methyl sites for hydroxylation is 1. The van der Waals surface area contributed by atoms with Crippen molar-refractivity contribution in [1.29, 1.82) is 0 Å². The Balaban J connectivity index is 1.60. The van der Waals surface area contributed by atoms with E-state index in [0.29, 0.717) is 23.7 Å². The molecule has 4 rings (SSSR count). The monoisotopic (exact) mass is 442 g/mol. The molecular formula is C25H34N2O3S. The van der Waals surface area contributed by atoms with Crippen LogP contribution in [0.15, 0.2) is 27.8 Å².